The molecule has 0 bridgehead atoms. The number of guanidine groups is 1. The molecule has 1 aromatic rings. The van der Waals surface area contributed by atoms with Crippen LogP contribution in [-0.4, -0.2) is 58.8 Å². The van der Waals surface area contributed by atoms with Crippen LogP contribution in [0.3, 0.4) is 0 Å². The first-order valence-corrected chi connectivity index (χ1v) is 11.8. The third-order valence-electron chi connectivity index (χ3n) is 3.42. The summed E-state index contributed by atoms with van der Waals surface area (Å²) in [6.07, 6.45) is 2.14. The van der Waals surface area contributed by atoms with Crippen LogP contribution in [-0.2, 0) is 14.6 Å². The van der Waals surface area contributed by atoms with Crippen molar-refractivity contribution in [2.24, 2.45) is 10.9 Å². The van der Waals surface area contributed by atoms with Gasteiger partial charge in [0.05, 0.1) is 11.9 Å². The van der Waals surface area contributed by atoms with E-state index in [4.69, 9.17) is 9.47 Å². The van der Waals surface area contributed by atoms with E-state index in [2.05, 4.69) is 29.5 Å². The number of sulfone groups is 1. The molecule has 0 amide bonds. The minimum Gasteiger partial charge on any atom is -0.491 e. The number of ether oxygens (including phenoxy) is 2. The number of rotatable bonds is 12. The zero-order chi connectivity index (χ0) is 21.0. The number of hydrogen-bond donors (Lipinski definition) is 2. The second kappa shape index (κ2) is 12.6. The van der Waals surface area contributed by atoms with Crippen LogP contribution in [0.5, 0.6) is 5.75 Å². The number of nitrogens with zero attached hydrogens (tertiary/aromatic N) is 1. The molecule has 0 unspecified atom stereocenters. The molecule has 0 saturated carbocycles. The maximum Gasteiger partial charge on any atom is 0.195 e. The van der Waals surface area contributed by atoms with E-state index in [0.717, 1.165) is 24.5 Å². The van der Waals surface area contributed by atoms with Crippen LogP contribution in [0.2, 0.25) is 0 Å². The maximum absolute atomic E-state index is 11.4. The van der Waals surface area contributed by atoms with Gasteiger partial charge in [-0.15, -0.1) is 0 Å². The molecule has 1 aromatic carbocycles. The van der Waals surface area contributed by atoms with Gasteiger partial charge < -0.3 is 20.1 Å². The maximum atomic E-state index is 11.4. The van der Waals surface area contributed by atoms with Crippen molar-refractivity contribution in [3.8, 4) is 5.75 Å². The Hall–Kier alpha value is -1.80. The Bertz CT molecular complexity index is 686. The molecule has 0 aliphatic carbocycles. The van der Waals surface area contributed by atoms with Crippen molar-refractivity contribution >= 4 is 21.5 Å². The van der Waals surface area contributed by atoms with Crippen molar-refractivity contribution in [3.63, 3.8) is 0 Å². The van der Waals surface area contributed by atoms with Crippen LogP contribution >= 0.6 is 0 Å². The molecule has 0 aliphatic heterocycles. The van der Waals surface area contributed by atoms with Gasteiger partial charge in [-0.3, -0.25) is 4.99 Å². The lowest BCUT2D eigenvalue weighted by Crippen LogP contribution is -2.34. The summed E-state index contributed by atoms with van der Waals surface area (Å²) in [5.41, 5.74) is 0.845. The predicted octanol–water partition coefficient (Wildman–Crippen LogP) is 2.94. The highest BCUT2D eigenvalue weighted by atomic mass is 32.2. The second-order valence-corrected chi connectivity index (χ2v) is 9.69. The first kappa shape index (κ1) is 24.2. The van der Waals surface area contributed by atoms with Gasteiger partial charge in [-0.2, -0.15) is 0 Å². The summed E-state index contributed by atoms with van der Waals surface area (Å²) in [4.78, 5) is 4.51. The molecular formula is C20H35N3O4S. The molecule has 0 saturated heterocycles. The fourth-order valence-electron chi connectivity index (χ4n) is 2.20. The predicted molar refractivity (Wildman–Crippen MR) is 116 cm³/mol. The largest absolute Gasteiger partial charge is 0.491 e. The molecule has 0 radical (unpaired) electrons. The number of nitrogens with one attached hydrogen (secondary N) is 2. The minimum absolute atomic E-state index is 0.0480. The Kier molecular flexibility index (Phi) is 10.9. The van der Waals surface area contributed by atoms with Crippen molar-refractivity contribution in [1.82, 2.24) is 5.32 Å². The summed E-state index contributed by atoms with van der Waals surface area (Å²) in [6.45, 7) is 10.5. The molecule has 2 N–H and O–H groups in total. The summed E-state index contributed by atoms with van der Waals surface area (Å²) in [6, 6.07) is 7.57. The second-order valence-electron chi connectivity index (χ2n) is 7.43. The number of hydrogen-bond acceptors (Lipinski definition) is 5. The average molecular weight is 414 g/mol. The van der Waals surface area contributed by atoms with Gasteiger partial charge in [-0.05, 0) is 50.5 Å². The summed E-state index contributed by atoms with van der Waals surface area (Å²) >= 11 is 0. The van der Waals surface area contributed by atoms with E-state index in [9.17, 15) is 8.42 Å². The summed E-state index contributed by atoms with van der Waals surface area (Å²) in [5.74, 6) is 1.91. The highest BCUT2D eigenvalue weighted by molar-refractivity contribution is 7.90. The molecule has 0 heterocycles. The van der Waals surface area contributed by atoms with Gasteiger partial charge in [0.2, 0.25) is 0 Å². The molecule has 0 fully saturated rings. The van der Waals surface area contributed by atoms with E-state index in [0.29, 0.717) is 31.6 Å². The van der Waals surface area contributed by atoms with Crippen molar-refractivity contribution in [1.29, 1.82) is 0 Å². The van der Waals surface area contributed by atoms with Crippen molar-refractivity contribution in [3.05, 3.63) is 24.3 Å². The van der Waals surface area contributed by atoms with E-state index in [1.165, 1.54) is 6.26 Å². The molecule has 0 aliphatic rings. The minimum atomic E-state index is -3.03. The lowest BCUT2D eigenvalue weighted by atomic mass is 10.2. The lowest BCUT2D eigenvalue weighted by molar-refractivity contribution is 0.109. The molecule has 0 atom stereocenters. The van der Waals surface area contributed by atoms with Gasteiger partial charge >= 0.3 is 0 Å². The highest BCUT2D eigenvalue weighted by Crippen LogP contribution is 2.16. The molecule has 28 heavy (non-hydrogen) atoms. The van der Waals surface area contributed by atoms with Crippen LogP contribution in [0, 0.1) is 5.92 Å². The van der Waals surface area contributed by atoms with Gasteiger partial charge in [-0.1, -0.05) is 13.8 Å². The highest BCUT2D eigenvalue weighted by Gasteiger charge is 2.05. The molecule has 7 nitrogen and oxygen atoms in total. The Morgan fingerprint density at radius 3 is 2.39 bits per heavy atom. The first-order chi connectivity index (χ1) is 13.2. The summed E-state index contributed by atoms with van der Waals surface area (Å²) in [7, 11) is -3.03. The number of benzene rings is 1. The van der Waals surface area contributed by atoms with Crippen LogP contribution in [0.1, 0.15) is 34.1 Å². The van der Waals surface area contributed by atoms with Crippen LogP contribution in [0.4, 0.5) is 5.69 Å². The van der Waals surface area contributed by atoms with Crippen LogP contribution < -0.4 is 15.4 Å². The van der Waals surface area contributed by atoms with E-state index < -0.39 is 9.84 Å². The van der Waals surface area contributed by atoms with Crippen molar-refractivity contribution < 1.29 is 17.9 Å². The monoisotopic (exact) mass is 413 g/mol. The normalized spacial score (nSPS) is 12.5. The van der Waals surface area contributed by atoms with Gasteiger partial charge in [0.25, 0.3) is 0 Å². The van der Waals surface area contributed by atoms with Gasteiger partial charge in [0, 0.05) is 38.2 Å². The zero-order valence-corrected chi connectivity index (χ0v) is 18.5. The van der Waals surface area contributed by atoms with E-state index >= 15 is 0 Å². The Balaban J connectivity index is 2.61. The molecule has 0 spiro atoms. The molecule has 0 aromatic heterocycles. The SMILES string of the molecule is CC(C)COCCCN=C(NCCS(C)(=O)=O)Nc1ccc(OC(C)C)cc1. The molecular weight excluding hydrogens is 378 g/mol. The lowest BCUT2D eigenvalue weighted by Gasteiger charge is -2.14. The summed E-state index contributed by atoms with van der Waals surface area (Å²) < 4.78 is 33.9. The standard InChI is InChI=1S/C20H35N3O4S/c1-16(2)15-26-13-6-11-21-20(22-12-14-28(5,24)25)23-18-7-9-19(10-8-18)27-17(3)4/h7-10,16-17H,6,11-15H2,1-5H3,(H2,21,22,23). The third kappa shape index (κ3) is 12.6. The number of anilines is 1. The van der Waals surface area contributed by atoms with E-state index in [-0.39, 0.29) is 11.9 Å². The molecule has 8 heteroatoms. The summed E-state index contributed by atoms with van der Waals surface area (Å²) in [5, 5.41) is 6.27. The first-order valence-electron chi connectivity index (χ1n) is 9.73. The van der Waals surface area contributed by atoms with Gasteiger partial charge in [-0.25, -0.2) is 8.42 Å². The van der Waals surface area contributed by atoms with Crippen LogP contribution in [0.15, 0.2) is 29.3 Å². The fourth-order valence-corrected chi connectivity index (χ4v) is 2.67. The fraction of sp³-hybridized carbons (Fsp3) is 0.650. The van der Waals surface area contributed by atoms with Crippen LogP contribution in [0.25, 0.3) is 0 Å². The molecule has 1 rings (SSSR count). The Morgan fingerprint density at radius 1 is 1.14 bits per heavy atom. The average Bonchev–Trinajstić information content (AvgIpc) is 2.57. The molecule has 160 valence electrons. The third-order valence-corrected chi connectivity index (χ3v) is 4.37. The van der Waals surface area contributed by atoms with Crippen molar-refractivity contribution in [2.45, 2.75) is 40.2 Å². The van der Waals surface area contributed by atoms with Gasteiger partial charge in [0.1, 0.15) is 15.6 Å². The van der Waals surface area contributed by atoms with Gasteiger partial charge in [0.15, 0.2) is 5.96 Å². The Labute approximate surface area is 169 Å². The number of aliphatic imine (C=N–C) groups is 1. The quantitative estimate of drug-likeness (QED) is 0.311. The van der Waals surface area contributed by atoms with Crippen molar-refractivity contribution in [2.75, 3.05) is 43.6 Å². The smallest absolute Gasteiger partial charge is 0.195 e. The topological polar surface area (TPSA) is 89.0 Å². The van der Waals surface area contributed by atoms with E-state index in [1.807, 2.05) is 38.1 Å². The zero-order valence-electron chi connectivity index (χ0n) is 17.7. The Morgan fingerprint density at radius 2 is 1.82 bits per heavy atom. The van der Waals surface area contributed by atoms with E-state index in [1.54, 1.807) is 0 Å².